The molecule has 0 spiro atoms. The Morgan fingerprint density at radius 2 is 1.90 bits per heavy atom. The number of benzene rings is 2. The van der Waals surface area contributed by atoms with Gasteiger partial charge in [-0.05, 0) is 67.1 Å². The smallest absolute Gasteiger partial charge is 0.0406 e. The highest BCUT2D eigenvalue weighted by Gasteiger charge is 2.16. The van der Waals surface area contributed by atoms with E-state index in [2.05, 4.69) is 42.2 Å². The molecule has 0 N–H and O–H groups in total. The fourth-order valence-corrected chi connectivity index (χ4v) is 3.28. The molecule has 1 aliphatic rings. The second kappa shape index (κ2) is 6.64. The van der Waals surface area contributed by atoms with Crippen LogP contribution in [0.5, 0.6) is 0 Å². The van der Waals surface area contributed by atoms with Gasteiger partial charge in [0.25, 0.3) is 0 Å². The van der Waals surface area contributed by atoms with E-state index in [1.54, 1.807) is 11.1 Å². The van der Waals surface area contributed by atoms with Crippen molar-refractivity contribution < 1.29 is 0 Å². The minimum Gasteiger partial charge on any atom is -0.299 e. The second-order valence-electron chi connectivity index (χ2n) is 5.97. The molecule has 2 aromatic carbocycles. The minimum absolute atomic E-state index is 0.821. The second-order valence-corrected chi connectivity index (χ2v) is 6.41. The van der Waals surface area contributed by atoms with Gasteiger partial charge in [-0.15, -0.1) is 0 Å². The van der Waals surface area contributed by atoms with Crippen molar-refractivity contribution in [2.24, 2.45) is 0 Å². The van der Waals surface area contributed by atoms with Crippen molar-refractivity contribution in [2.75, 3.05) is 13.1 Å². The van der Waals surface area contributed by atoms with Crippen LogP contribution in [-0.4, -0.2) is 18.0 Å². The summed E-state index contributed by atoms with van der Waals surface area (Å²) < 4.78 is 0. The maximum absolute atomic E-state index is 5.92. The molecule has 0 aliphatic carbocycles. The molecule has 1 aliphatic heterocycles. The van der Waals surface area contributed by atoms with Crippen LogP contribution in [-0.2, 0) is 19.4 Å². The molecule has 0 aromatic heterocycles. The van der Waals surface area contributed by atoms with E-state index in [9.17, 15) is 0 Å². The van der Waals surface area contributed by atoms with Crippen LogP contribution in [0.25, 0.3) is 0 Å². The van der Waals surface area contributed by atoms with E-state index in [-0.39, 0.29) is 0 Å². The molecule has 0 radical (unpaired) electrons. The Balaban J connectivity index is 1.53. The van der Waals surface area contributed by atoms with E-state index in [1.807, 2.05) is 12.1 Å². The Morgan fingerprint density at radius 1 is 1.10 bits per heavy atom. The zero-order chi connectivity index (χ0) is 14.7. The molecule has 3 rings (SSSR count). The minimum atomic E-state index is 0.821. The lowest BCUT2D eigenvalue weighted by molar-refractivity contribution is 0.250. The molecule has 0 amide bonds. The van der Waals surface area contributed by atoms with E-state index < -0.39 is 0 Å². The highest BCUT2D eigenvalue weighted by atomic mass is 35.5. The van der Waals surface area contributed by atoms with Gasteiger partial charge in [0.05, 0.1) is 0 Å². The van der Waals surface area contributed by atoms with Crippen LogP contribution in [0, 0.1) is 6.92 Å². The van der Waals surface area contributed by atoms with E-state index in [0.29, 0.717) is 0 Å². The molecule has 0 unspecified atom stereocenters. The summed E-state index contributed by atoms with van der Waals surface area (Å²) in [6, 6.07) is 14.9. The van der Waals surface area contributed by atoms with E-state index in [1.165, 1.54) is 37.1 Å². The lowest BCUT2D eigenvalue weighted by Gasteiger charge is -2.29. The van der Waals surface area contributed by atoms with Crippen LogP contribution in [0.2, 0.25) is 5.02 Å². The van der Waals surface area contributed by atoms with E-state index in [0.717, 1.165) is 18.0 Å². The van der Waals surface area contributed by atoms with Crippen LogP contribution >= 0.6 is 11.6 Å². The fourth-order valence-electron chi connectivity index (χ4n) is 3.15. The summed E-state index contributed by atoms with van der Waals surface area (Å²) in [7, 11) is 0. The predicted molar refractivity (Wildman–Crippen MR) is 89.9 cm³/mol. The Morgan fingerprint density at radius 3 is 2.71 bits per heavy atom. The molecule has 0 saturated carbocycles. The van der Waals surface area contributed by atoms with Gasteiger partial charge in [0, 0.05) is 18.1 Å². The first-order valence-electron chi connectivity index (χ1n) is 7.76. The number of hydrogen-bond donors (Lipinski definition) is 0. The quantitative estimate of drug-likeness (QED) is 0.795. The summed E-state index contributed by atoms with van der Waals surface area (Å²) in [5.74, 6) is 0. The van der Waals surface area contributed by atoms with Gasteiger partial charge >= 0.3 is 0 Å². The topological polar surface area (TPSA) is 3.24 Å². The summed E-state index contributed by atoms with van der Waals surface area (Å²) >= 11 is 5.92. The predicted octanol–water partition coefficient (Wildman–Crippen LogP) is 4.64. The average molecular weight is 300 g/mol. The van der Waals surface area contributed by atoms with Crippen LogP contribution in [0.3, 0.4) is 0 Å². The van der Waals surface area contributed by atoms with Gasteiger partial charge in [-0.25, -0.2) is 0 Å². The third-order valence-electron chi connectivity index (χ3n) is 4.44. The van der Waals surface area contributed by atoms with Crippen LogP contribution in [0.4, 0.5) is 0 Å². The first-order valence-corrected chi connectivity index (χ1v) is 8.14. The van der Waals surface area contributed by atoms with Gasteiger partial charge < -0.3 is 0 Å². The summed E-state index contributed by atoms with van der Waals surface area (Å²) in [5, 5.41) is 0.821. The molecule has 110 valence electrons. The zero-order valence-corrected chi connectivity index (χ0v) is 13.4. The maximum Gasteiger partial charge on any atom is 0.0406 e. The van der Waals surface area contributed by atoms with Crippen molar-refractivity contribution in [2.45, 2.75) is 32.7 Å². The first kappa shape index (κ1) is 14.6. The Kier molecular flexibility index (Phi) is 4.62. The lowest BCUT2D eigenvalue weighted by Crippen LogP contribution is -2.32. The Hall–Kier alpha value is -1.31. The van der Waals surface area contributed by atoms with Gasteiger partial charge in [0.1, 0.15) is 0 Å². The number of nitrogens with zero attached hydrogens (tertiary/aromatic N) is 1. The molecule has 2 aromatic rings. The largest absolute Gasteiger partial charge is 0.299 e. The lowest BCUT2D eigenvalue weighted by atomic mass is 9.95. The monoisotopic (exact) mass is 299 g/mol. The molecule has 21 heavy (non-hydrogen) atoms. The standard InChI is InChI=1S/C19H22ClN/c1-15-4-2-6-17-11-13-21(14-19(15)17)12-3-5-16-7-9-18(20)10-8-16/h2,4,6-10H,3,5,11-14H2,1H3. The Bertz CT molecular complexity index is 603. The molecule has 0 atom stereocenters. The van der Waals surface area contributed by atoms with Crippen LogP contribution in [0.15, 0.2) is 42.5 Å². The molecule has 0 fully saturated rings. The average Bonchev–Trinajstić information content (AvgIpc) is 2.50. The number of aryl methyl sites for hydroxylation is 2. The first-order chi connectivity index (χ1) is 10.2. The molecular weight excluding hydrogens is 278 g/mol. The number of fused-ring (bicyclic) bond motifs is 1. The third-order valence-corrected chi connectivity index (χ3v) is 4.69. The number of halogens is 1. The van der Waals surface area contributed by atoms with Crippen molar-refractivity contribution in [3.63, 3.8) is 0 Å². The highest BCUT2D eigenvalue weighted by molar-refractivity contribution is 6.30. The van der Waals surface area contributed by atoms with Crippen LogP contribution < -0.4 is 0 Å². The van der Waals surface area contributed by atoms with Gasteiger partial charge in [0.2, 0.25) is 0 Å². The van der Waals surface area contributed by atoms with Crippen molar-refractivity contribution in [1.82, 2.24) is 4.90 Å². The van der Waals surface area contributed by atoms with Crippen molar-refractivity contribution in [3.05, 3.63) is 69.7 Å². The van der Waals surface area contributed by atoms with Gasteiger partial charge in [-0.3, -0.25) is 4.90 Å². The molecule has 2 heteroatoms. The molecule has 1 heterocycles. The zero-order valence-electron chi connectivity index (χ0n) is 12.6. The van der Waals surface area contributed by atoms with Crippen molar-refractivity contribution in [3.8, 4) is 0 Å². The SMILES string of the molecule is Cc1cccc2c1CN(CCCc1ccc(Cl)cc1)CC2. The van der Waals surface area contributed by atoms with Crippen molar-refractivity contribution in [1.29, 1.82) is 0 Å². The summed E-state index contributed by atoms with van der Waals surface area (Å²) in [5.41, 5.74) is 5.92. The summed E-state index contributed by atoms with van der Waals surface area (Å²) in [4.78, 5) is 2.59. The molecule has 1 nitrogen and oxygen atoms in total. The van der Waals surface area contributed by atoms with Gasteiger partial charge in [-0.1, -0.05) is 41.9 Å². The number of hydrogen-bond acceptors (Lipinski definition) is 1. The highest BCUT2D eigenvalue weighted by Crippen LogP contribution is 2.22. The molecule has 0 saturated heterocycles. The normalized spacial score (nSPS) is 15.0. The fraction of sp³-hybridized carbons (Fsp3) is 0.368. The summed E-state index contributed by atoms with van der Waals surface area (Å²) in [6.45, 7) is 5.71. The molecule has 0 bridgehead atoms. The summed E-state index contributed by atoms with van der Waals surface area (Å²) in [6.07, 6.45) is 3.54. The molecular formula is C19H22ClN. The van der Waals surface area contributed by atoms with E-state index in [4.69, 9.17) is 11.6 Å². The van der Waals surface area contributed by atoms with Crippen molar-refractivity contribution >= 4 is 11.6 Å². The van der Waals surface area contributed by atoms with E-state index >= 15 is 0 Å². The third kappa shape index (κ3) is 3.66. The van der Waals surface area contributed by atoms with Crippen LogP contribution in [0.1, 0.15) is 28.7 Å². The maximum atomic E-state index is 5.92. The Labute approximate surface area is 132 Å². The van der Waals surface area contributed by atoms with Gasteiger partial charge in [-0.2, -0.15) is 0 Å². The van der Waals surface area contributed by atoms with Gasteiger partial charge in [0.15, 0.2) is 0 Å². The number of rotatable bonds is 4.